The summed E-state index contributed by atoms with van der Waals surface area (Å²) in [5.41, 5.74) is 1.23. The van der Waals surface area contributed by atoms with E-state index in [1.54, 1.807) is 6.07 Å². The molecule has 3 nitrogen and oxygen atoms in total. The summed E-state index contributed by atoms with van der Waals surface area (Å²) in [5.74, 6) is 0.364. The second-order valence-electron chi connectivity index (χ2n) is 4.94. The van der Waals surface area contributed by atoms with E-state index in [4.69, 9.17) is 0 Å². The number of nitrogens with zero attached hydrogens (tertiary/aromatic N) is 2. The summed E-state index contributed by atoms with van der Waals surface area (Å²) in [6.45, 7) is 4.28. The van der Waals surface area contributed by atoms with Gasteiger partial charge in [-0.1, -0.05) is 24.3 Å². The maximum atomic E-state index is 9.91. The lowest BCUT2D eigenvalue weighted by Gasteiger charge is -2.34. The number of phenolic OH excluding ortho intramolecular Hbond substituents is 1. The van der Waals surface area contributed by atoms with E-state index < -0.39 is 0 Å². The predicted octanol–water partition coefficient (Wildman–Crippen LogP) is 2.30. The molecule has 0 radical (unpaired) electrons. The van der Waals surface area contributed by atoms with Gasteiger partial charge in [-0.05, 0) is 19.2 Å². The van der Waals surface area contributed by atoms with Gasteiger partial charge in [0.2, 0.25) is 0 Å². The molecular formula is C15H18N2O. The van der Waals surface area contributed by atoms with Crippen LogP contribution in [-0.2, 0) is 0 Å². The third kappa shape index (κ3) is 1.91. The molecule has 2 aromatic carbocycles. The molecule has 2 aromatic rings. The van der Waals surface area contributed by atoms with E-state index in [0.29, 0.717) is 5.75 Å². The summed E-state index contributed by atoms with van der Waals surface area (Å²) in [6.07, 6.45) is 0. The van der Waals surface area contributed by atoms with Crippen molar-refractivity contribution in [2.75, 3.05) is 38.1 Å². The van der Waals surface area contributed by atoms with Crippen LogP contribution in [0.4, 0.5) is 5.69 Å². The standard InChI is InChI=1S/C15H18N2O/c1-16-8-10-17(11-9-16)14-6-7-15(18)13-5-3-2-4-12(13)14/h2-7,18H,8-11H2,1H3. The molecule has 0 aromatic heterocycles. The third-order valence-electron chi connectivity index (χ3n) is 3.72. The van der Waals surface area contributed by atoms with Crippen LogP contribution in [0.25, 0.3) is 10.8 Å². The Morgan fingerprint density at radius 1 is 0.889 bits per heavy atom. The van der Waals surface area contributed by atoms with Gasteiger partial charge < -0.3 is 14.9 Å². The number of benzene rings is 2. The molecule has 3 heteroatoms. The lowest BCUT2D eigenvalue weighted by Crippen LogP contribution is -2.44. The number of rotatable bonds is 1. The first kappa shape index (κ1) is 11.4. The van der Waals surface area contributed by atoms with Crippen LogP contribution in [0, 0.1) is 0 Å². The minimum Gasteiger partial charge on any atom is -0.507 e. The number of phenols is 1. The van der Waals surface area contributed by atoms with Gasteiger partial charge in [-0.15, -0.1) is 0 Å². The van der Waals surface area contributed by atoms with Crippen LogP contribution < -0.4 is 4.90 Å². The van der Waals surface area contributed by atoms with Crippen molar-refractivity contribution in [3.05, 3.63) is 36.4 Å². The summed E-state index contributed by atoms with van der Waals surface area (Å²) >= 11 is 0. The molecule has 1 N–H and O–H groups in total. The highest BCUT2D eigenvalue weighted by atomic mass is 16.3. The molecule has 0 unspecified atom stereocenters. The fourth-order valence-corrected chi connectivity index (χ4v) is 2.59. The zero-order valence-electron chi connectivity index (χ0n) is 10.6. The van der Waals surface area contributed by atoms with Crippen molar-refractivity contribution >= 4 is 16.5 Å². The fourth-order valence-electron chi connectivity index (χ4n) is 2.59. The largest absolute Gasteiger partial charge is 0.507 e. The number of piperazine rings is 1. The third-order valence-corrected chi connectivity index (χ3v) is 3.72. The summed E-state index contributed by atoms with van der Waals surface area (Å²) in [4.78, 5) is 4.75. The second-order valence-corrected chi connectivity index (χ2v) is 4.94. The molecule has 18 heavy (non-hydrogen) atoms. The first-order valence-electron chi connectivity index (χ1n) is 6.40. The number of likely N-dealkylation sites (N-methyl/N-ethyl adjacent to an activating group) is 1. The van der Waals surface area contributed by atoms with Crippen LogP contribution in [0.1, 0.15) is 0 Å². The van der Waals surface area contributed by atoms with Gasteiger partial charge in [0.05, 0.1) is 0 Å². The molecular weight excluding hydrogens is 224 g/mol. The van der Waals surface area contributed by atoms with Gasteiger partial charge in [-0.3, -0.25) is 0 Å². The average Bonchev–Trinajstić information content (AvgIpc) is 2.41. The van der Waals surface area contributed by atoms with Gasteiger partial charge in [0, 0.05) is 42.6 Å². The van der Waals surface area contributed by atoms with E-state index in [1.165, 1.54) is 5.69 Å². The van der Waals surface area contributed by atoms with Crippen LogP contribution >= 0.6 is 0 Å². The maximum absolute atomic E-state index is 9.91. The van der Waals surface area contributed by atoms with Crippen LogP contribution in [0.5, 0.6) is 5.75 Å². The van der Waals surface area contributed by atoms with Crippen molar-refractivity contribution < 1.29 is 5.11 Å². The lowest BCUT2D eigenvalue weighted by molar-refractivity contribution is 0.313. The second kappa shape index (κ2) is 4.50. The molecule has 0 saturated carbocycles. The van der Waals surface area contributed by atoms with Crippen molar-refractivity contribution in [2.24, 2.45) is 0 Å². The van der Waals surface area contributed by atoms with E-state index in [9.17, 15) is 5.11 Å². The number of anilines is 1. The fraction of sp³-hybridized carbons (Fsp3) is 0.333. The molecule has 0 amide bonds. The molecule has 1 fully saturated rings. The quantitative estimate of drug-likeness (QED) is 0.831. The van der Waals surface area contributed by atoms with Crippen molar-refractivity contribution in [2.45, 2.75) is 0 Å². The smallest absolute Gasteiger partial charge is 0.123 e. The number of fused-ring (bicyclic) bond motifs is 1. The topological polar surface area (TPSA) is 26.7 Å². The van der Waals surface area contributed by atoms with Crippen LogP contribution in [0.15, 0.2) is 36.4 Å². The highest BCUT2D eigenvalue weighted by Gasteiger charge is 2.16. The van der Waals surface area contributed by atoms with Crippen molar-refractivity contribution in [3.63, 3.8) is 0 Å². The highest BCUT2D eigenvalue weighted by Crippen LogP contribution is 2.33. The van der Waals surface area contributed by atoms with Gasteiger partial charge in [0.25, 0.3) is 0 Å². The Morgan fingerprint density at radius 2 is 1.56 bits per heavy atom. The van der Waals surface area contributed by atoms with Gasteiger partial charge in [-0.2, -0.15) is 0 Å². The Kier molecular flexibility index (Phi) is 2.84. The summed E-state index contributed by atoms with van der Waals surface area (Å²) < 4.78 is 0. The molecule has 0 bridgehead atoms. The van der Waals surface area contributed by atoms with Crippen LogP contribution in [0.3, 0.4) is 0 Å². The van der Waals surface area contributed by atoms with E-state index >= 15 is 0 Å². The Balaban J connectivity index is 2.04. The number of hydrogen-bond donors (Lipinski definition) is 1. The molecule has 3 rings (SSSR count). The molecule has 1 heterocycles. The molecule has 1 aliphatic heterocycles. The predicted molar refractivity (Wildman–Crippen MR) is 75.3 cm³/mol. The van der Waals surface area contributed by atoms with E-state index in [2.05, 4.69) is 22.9 Å². The van der Waals surface area contributed by atoms with Gasteiger partial charge in [-0.25, -0.2) is 0 Å². The monoisotopic (exact) mass is 242 g/mol. The first-order valence-corrected chi connectivity index (χ1v) is 6.40. The van der Waals surface area contributed by atoms with Gasteiger partial charge in [0.1, 0.15) is 5.75 Å². The first-order chi connectivity index (χ1) is 8.75. The highest BCUT2D eigenvalue weighted by molar-refractivity contribution is 5.98. The Morgan fingerprint density at radius 3 is 2.28 bits per heavy atom. The minimum absolute atomic E-state index is 0.364. The lowest BCUT2D eigenvalue weighted by atomic mass is 10.1. The summed E-state index contributed by atoms with van der Waals surface area (Å²) in [5, 5.41) is 12.0. The zero-order chi connectivity index (χ0) is 12.5. The van der Waals surface area contributed by atoms with Crippen LogP contribution in [-0.4, -0.2) is 43.2 Å². The normalized spacial score (nSPS) is 17.3. The van der Waals surface area contributed by atoms with Crippen molar-refractivity contribution in [3.8, 4) is 5.75 Å². The molecule has 0 aliphatic carbocycles. The number of aromatic hydroxyl groups is 1. The molecule has 94 valence electrons. The van der Waals surface area contributed by atoms with Crippen molar-refractivity contribution in [1.82, 2.24) is 4.90 Å². The van der Waals surface area contributed by atoms with Gasteiger partial charge in [0.15, 0.2) is 0 Å². The molecule has 0 spiro atoms. The SMILES string of the molecule is CN1CCN(c2ccc(O)c3ccccc23)CC1. The van der Waals surface area contributed by atoms with E-state index in [0.717, 1.165) is 37.0 Å². The average molecular weight is 242 g/mol. The molecule has 1 aliphatic rings. The summed E-state index contributed by atoms with van der Waals surface area (Å²) in [6, 6.07) is 11.9. The molecule has 0 atom stereocenters. The summed E-state index contributed by atoms with van der Waals surface area (Å²) in [7, 11) is 2.16. The van der Waals surface area contributed by atoms with Crippen LogP contribution in [0.2, 0.25) is 0 Å². The maximum Gasteiger partial charge on any atom is 0.123 e. The van der Waals surface area contributed by atoms with Gasteiger partial charge >= 0.3 is 0 Å². The minimum atomic E-state index is 0.364. The van der Waals surface area contributed by atoms with E-state index in [-0.39, 0.29) is 0 Å². The Labute approximate surface area is 107 Å². The Bertz CT molecular complexity index is 559. The van der Waals surface area contributed by atoms with E-state index in [1.807, 2.05) is 24.3 Å². The van der Waals surface area contributed by atoms with Crippen molar-refractivity contribution in [1.29, 1.82) is 0 Å². The number of hydrogen-bond acceptors (Lipinski definition) is 3. The Hall–Kier alpha value is -1.74. The zero-order valence-corrected chi connectivity index (χ0v) is 10.6. The molecule has 1 saturated heterocycles.